The molecule has 43 heavy (non-hydrogen) atoms. The van der Waals surface area contributed by atoms with Crippen molar-refractivity contribution in [3.63, 3.8) is 0 Å². The first-order chi connectivity index (χ1) is 20.1. The minimum atomic E-state index is -3.63. The van der Waals surface area contributed by atoms with E-state index in [0.717, 1.165) is 35.3 Å². The van der Waals surface area contributed by atoms with Crippen LogP contribution < -0.4 is 0 Å². The van der Waals surface area contributed by atoms with Crippen molar-refractivity contribution in [2.45, 2.75) is 75.5 Å². The van der Waals surface area contributed by atoms with Crippen LogP contribution in [0, 0.1) is 5.92 Å². The summed E-state index contributed by atoms with van der Waals surface area (Å²) in [5.41, 5.74) is -0.0249. The highest BCUT2D eigenvalue weighted by Gasteiger charge is 2.56. The van der Waals surface area contributed by atoms with Crippen molar-refractivity contribution >= 4 is 56.3 Å². The first kappa shape index (κ1) is 31.9. The number of ether oxygens (including phenoxy) is 1. The fraction of sp³-hybridized carbons (Fsp3) is 0.452. The van der Waals surface area contributed by atoms with Gasteiger partial charge in [-0.15, -0.1) is 11.3 Å². The third-order valence-electron chi connectivity index (χ3n) is 8.15. The number of hydrogen-bond donors (Lipinski definition) is 1. The molecule has 3 aromatic rings. The average Bonchev–Trinajstić information content (AvgIpc) is 3.66. The monoisotopic (exact) mass is 664 g/mol. The van der Waals surface area contributed by atoms with Crippen molar-refractivity contribution in [2.24, 2.45) is 5.92 Å². The number of nitrogens with zero attached hydrogens (tertiary/aromatic N) is 2. The number of carbonyl (C=O) groups excluding carboxylic acids is 1. The van der Waals surface area contributed by atoms with Gasteiger partial charge in [-0.3, -0.25) is 4.79 Å². The van der Waals surface area contributed by atoms with E-state index in [1.807, 2.05) is 18.2 Å². The van der Waals surface area contributed by atoms with E-state index in [0.29, 0.717) is 15.1 Å². The second kappa shape index (κ2) is 11.8. The van der Waals surface area contributed by atoms with Crippen LogP contribution in [-0.4, -0.2) is 57.4 Å². The van der Waals surface area contributed by atoms with Gasteiger partial charge in [-0.1, -0.05) is 47.5 Å². The molecule has 8 nitrogen and oxygen atoms in total. The molecular weight excluding hydrogens is 631 g/mol. The number of carbonyl (C=O) groups is 2. The Morgan fingerprint density at radius 3 is 2.37 bits per heavy atom. The molecule has 1 amide bonds. The molecule has 230 valence electrons. The maximum atomic E-state index is 14.8. The summed E-state index contributed by atoms with van der Waals surface area (Å²) < 4.78 is 33.1. The molecule has 12 heteroatoms. The lowest BCUT2D eigenvalue weighted by atomic mass is 9.85. The first-order valence-corrected chi connectivity index (χ1v) is 17.2. The molecule has 5 rings (SSSR count). The van der Waals surface area contributed by atoms with Crippen molar-refractivity contribution in [1.29, 1.82) is 0 Å². The zero-order valence-corrected chi connectivity index (χ0v) is 27.4. The van der Waals surface area contributed by atoms with E-state index in [4.69, 9.17) is 27.9 Å². The van der Waals surface area contributed by atoms with E-state index in [-0.39, 0.29) is 28.9 Å². The third kappa shape index (κ3) is 6.63. The predicted octanol–water partition coefficient (Wildman–Crippen LogP) is 6.78. The number of benzene rings is 2. The van der Waals surface area contributed by atoms with Crippen LogP contribution in [-0.2, 0) is 25.8 Å². The van der Waals surface area contributed by atoms with E-state index in [1.165, 1.54) is 6.20 Å². The molecular formula is C31H34Cl2N2O6S2. The number of thiazole rings is 1. The summed E-state index contributed by atoms with van der Waals surface area (Å²) in [5.74, 6) is -1.68. The van der Waals surface area contributed by atoms with Gasteiger partial charge in [-0.2, -0.15) is 0 Å². The molecule has 1 aromatic heterocycles. The molecule has 1 N–H and O–H groups in total. The number of sulfone groups is 1. The number of morpholine rings is 1. The fourth-order valence-corrected chi connectivity index (χ4v) is 8.13. The Morgan fingerprint density at radius 1 is 1.14 bits per heavy atom. The Bertz CT molecular complexity index is 1630. The summed E-state index contributed by atoms with van der Waals surface area (Å²) >= 11 is 13.7. The van der Waals surface area contributed by atoms with Crippen molar-refractivity contribution < 1.29 is 27.9 Å². The maximum absolute atomic E-state index is 14.8. The van der Waals surface area contributed by atoms with Gasteiger partial charge >= 0.3 is 5.97 Å². The SMILES string of the molecule is CC(C)(C)S(=O)(=O)C[C@H](C1CC1)N1C(=O)[C@](C)(Cc2ncc(C(=O)O)s2)O[C@H](c2cccc(Cl)c2)C1c1ccc(Cl)cc1. The number of hydrogen-bond acceptors (Lipinski definition) is 7. The van der Waals surface area contributed by atoms with Crippen molar-refractivity contribution in [3.05, 3.63) is 85.8 Å². The van der Waals surface area contributed by atoms with Crippen LogP contribution in [0.2, 0.25) is 10.0 Å². The third-order valence-corrected chi connectivity index (χ3v) is 12.3. The number of halogens is 2. The lowest BCUT2D eigenvalue weighted by molar-refractivity contribution is -0.202. The predicted molar refractivity (Wildman–Crippen MR) is 168 cm³/mol. The van der Waals surface area contributed by atoms with Gasteiger partial charge in [-0.05, 0) is 81.8 Å². The van der Waals surface area contributed by atoms with Crippen LogP contribution >= 0.6 is 34.5 Å². The van der Waals surface area contributed by atoms with E-state index >= 15 is 0 Å². The minimum absolute atomic E-state index is 0.00304. The maximum Gasteiger partial charge on any atom is 0.347 e. The molecule has 1 unspecified atom stereocenters. The molecule has 2 heterocycles. The zero-order valence-electron chi connectivity index (χ0n) is 24.3. The number of aromatic carboxylic acids is 1. The summed E-state index contributed by atoms with van der Waals surface area (Å²) in [6, 6.07) is 13.0. The Hall–Kier alpha value is -2.50. The van der Waals surface area contributed by atoms with Crippen LogP contribution in [0.5, 0.6) is 0 Å². The van der Waals surface area contributed by atoms with Gasteiger partial charge < -0.3 is 14.7 Å². The normalized spacial score (nSPS) is 23.8. The molecule has 2 aromatic carbocycles. The van der Waals surface area contributed by atoms with Crippen LogP contribution in [0.15, 0.2) is 54.7 Å². The molecule has 1 aliphatic carbocycles. The molecule has 2 fully saturated rings. The molecule has 4 atom stereocenters. The molecule has 0 spiro atoms. The van der Waals surface area contributed by atoms with Gasteiger partial charge in [0.1, 0.15) is 11.0 Å². The first-order valence-electron chi connectivity index (χ1n) is 14.0. The summed E-state index contributed by atoms with van der Waals surface area (Å²) in [4.78, 5) is 32.4. The highest BCUT2D eigenvalue weighted by Crippen LogP contribution is 2.51. The van der Waals surface area contributed by atoms with Crippen molar-refractivity contribution in [2.75, 3.05) is 5.75 Å². The second-order valence-electron chi connectivity index (χ2n) is 12.4. The number of rotatable bonds is 9. The quantitative estimate of drug-likeness (QED) is 0.268. The summed E-state index contributed by atoms with van der Waals surface area (Å²) in [5, 5.41) is 10.9. The molecule has 1 saturated heterocycles. The molecule has 1 aliphatic heterocycles. The van der Waals surface area contributed by atoms with Crippen molar-refractivity contribution in [1.82, 2.24) is 9.88 Å². The van der Waals surface area contributed by atoms with Gasteiger partial charge in [0.25, 0.3) is 5.91 Å². The summed E-state index contributed by atoms with van der Waals surface area (Å²) in [7, 11) is -3.63. The van der Waals surface area contributed by atoms with E-state index in [9.17, 15) is 23.1 Å². The molecule has 0 radical (unpaired) electrons. The zero-order chi connectivity index (χ0) is 31.3. The van der Waals surface area contributed by atoms with Crippen molar-refractivity contribution in [3.8, 4) is 0 Å². The number of amides is 1. The Balaban J connectivity index is 1.69. The van der Waals surface area contributed by atoms with Crippen LogP contribution in [0.25, 0.3) is 0 Å². The Labute approximate surface area is 265 Å². The van der Waals surface area contributed by atoms with Gasteiger partial charge in [0.15, 0.2) is 15.4 Å². The molecule has 0 bridgehead atoms. The standard InChI is InChI=1S/C31H34Cl2N2O6S2/c1-30(2,3)43(39,40)17-23(18-8-9-18)35-26(19-10-12-21(32)13-11-19)27(20-6-5-7-22(33)14-20)41-31(4,29(35)38)15-25-34-16-24(42-25)28(36)37/h5-7,10-14,16,18,23,26-27H,8-9,15,17H2,1-4H3,(H,36,37)/t23-,26?,27-,31+/m1/s1. The van der Waals surface area contributed by atoms with Gasteiger partial charge in [0.05, 0.1) is 27.7 Å². The van der Waals surface area contributed by atoms with Crippen LogP contribution in [0.4, 0.5) is 0 Å². The second-order valence-corrected chi connectivity index (χ2v) is 17.2. The number of aromatic nitrogens is 1. The fourth-order valence-electron chi connectivity index (χ4n) is 5.52. The topological polar surface area (TPSA) is 114 Å². The number of carboxylic acid groups (broad SMARTS) is 1. The average molecular weight is 666 g/mol. The summed E-state index contributed by atoms with van der Waals surface area (Å²) in [6.07, 6.45) is 2.14. The highest BCUT2D eigenvalue weighted by molar-refractivity contribution is 7.92. The summed E-state index contributed by atoms with van der Waals surface area (Å²) in [6.45, 7) is 6.69. The van der Waals surface area contributed by atoms with Gasteiger partial charge in [0.2, 0.25) is 0 Å². The van der Waals surface area contributed by atoms with E-state index in [2.05, 4.69) is 4.98 Å². The van der Waals surface area contributed by atoms with Crippen LogP contribution in [0.3, 0.4) is 0 Å². The smallest absolute Gasteiger partial charge is 0.347 e. The Morgan fingerprint density at radius 2 is 1.81 bits per heavy atom. The van der Waals surface area contributed by atoms with Gasteiger partial charge in [0, 0.05) is 22.5 Å². The highest BCUT2D eigenvalue weighted by atomic mass is 35.5. The van der Waals surface area contributed by atoms with Crippen LogP contribution in [0.1, 0.15) is 78.5 Å². The lowest BCUT2D eigenvalue weighted by Gasteiger charge is -2.52. The van der Waals surface area contributed by atoms with Gasteiger partial charge in [-0.25, -0.2) is 18.2 Å². The largest absolute Gasteiger partial charge is 0.477 e. The Kier molecular flexibility index (Phi) is 8.74. The number of carboxylic acids is 1. The minimum Gasteiger partial charge on any atom is -0.477 e. The lowest BCUT2D eigenvalue weighted by Crippen LogP contribution is -2.62. The molecule has 1 saturated carbocycles. The van der Waals surface area contributed by atoms with E-state index in [1.54, 1.807) is 62.9 Å². The molecule has 2 aliphatic rings. The van der Waals surface area contributed by atoms with E-state index < -0.39 is 44.3 Å².